The fourth-order valence-corrected chi connectivity index (χ4v) is 3.75. The van der Waals surface area contributed by atoms with Gasteiger partial charge in [-0.2, -0.15) is 14.9 Å². The van der Waals surface area contributed by atoms with Gasteiger partial charge in [-0.25, -0.2) is 0 Å². The van der Waals surface area contributed by atoms with E-state index in [0.717, 1.165) is 23.6 Å². The second kappa shape index (κ2) is 10.9. The maximum atomic E-state index is 5.87. The first-order chi connectivity index (χ1) is 14.2. The van der Waals surface area contributed by atoms with Gasteiger partial charge in [0, 0.05) is 11.3 Å². The van der Waals surface area contributed by atoms with Gasteiger partial charge in [-0.1, -0.05) is 32.3 Å². The van der Waals surface area contributed by atoms with Crippen LogP contribution in [0.15, 0.2) is 40.8 Å². The minimum atomic E-state index is 0.465. The first kappa shape index (κ1) is 21.3. The fraction of sp³-hybridized carbons (Fsp3) is 0.381. The number of hydrogen-bond acceptors (Lipinski definition) is 6. The van der Waals surface area contributed by atoms with Gasteiger partial charge >= 0.3 is 0 Å². The number of unbranched alkanes of at least 4 members (excludes halogenated alkanes) is 3. The lowest BCUT2D eigenvalue weighted by Crippen LogP contribution is -2.01. The molecule has 2 aromatic heterocycles. The monoisotopic (exact) mass is 430 g/mol. The lowest BCUT2D eigenvalue weighted by molar-refractivity contribution is 0.285. The van der Waals surface area contributed by atoms with E-state index in [2.05, 4.69) is 28.3 Å². The Kier molecular flexibility index (Phi) is 8.01. The number of nitrogens with one attached hydrogen (secondary N) is 1. The number of H-pyrrole nitrogens is 1. The van der Waals surface area contributed by atoms with Crippen LogP contribution in [-0.2, 0) is 6.42 Å². The molecule has 0 aliphatic rings. The molecule has 3 rings (SSSR count). The van der Waals surface area contributed by atoms with Crippen LogP contribution in [0.5, 0.6) is 11.5 Å². The quantitative estimate of drug-likeness (QED) is 0.250. The number of methoxy groups -OCH3 is 1. The Morgan fingerprint density at radius 3 is 2.90 bits per heavy atom. The van der Waals surface area contributed by atoms with Gasteiger partial charge in [0.1, 0.15) is 0 Å². The molecule has 0 spiro atoms. The molecule has 0 saturated heterocycles. The van der Waals surface area contributed by atoms with E-state index in [-0.39, 0.29) is 0 Å². The third-order valence-electron chi connectivity index (χ3n) is 4.40. The summed E-state index contributed by atoms with van der Waals surface area (Å²) in [4.78, 5) is 1.21. The summed E-state index contributed by atoms with van der Waals surface area (Å²) in [6.07, 6.45) is 7.11. The number of benzene rings is 1. The molecule has 0 fully saturated rings. The summed E-state index contributed by atoms with van der Waals surface area (Å²) in [5, 5.41) is 13.7. The second-order valence-corrected chi connectivity index (χ2v) is 8.00. The molecular weight excluding hydrogens is 404 g/mol. The zero-order valence-electron chi connectivity index (χ0n) is 16.8. The van der Waals surface area contributed by atoms with E-state index in [4.69, 9.17) is 21.7 Å². The predicted octanol–water partition coefficient (Wildman–Crippen LogP) is 5.44. The molecule has 0 aliphatic carbocycles. The van der Waals surface area contributed by atoms with Crippen molar-refractivity contribution in [3.05, 3.63) is 56.7 Å². The van der Waals surface area contributed by atoms with Gasteiger partial charge in [-0.3, -0.25) is 5.10 Å². The fourth-order valence-electron chi connectivity index (χ4n) is 2.85. The van der Waals surface area contributed by atoms with Crippen LogP contribution in [0.1, 0.15) is 48.9 Å². The van der Waals surface area contributed by atoms with Crippen LogP contribution in [0.4, 0.5) is 0 Å². The number of thiophene rings is 1. The molecule has 0 radical (unpaired) electrons. The Morgan fingerprint density at radius 2 is 2.14 bits per heavy atom. The number of hydrogen-bond donors (Lipinski definition) is 1. The van der Waals surface area contributed by atoms with Crippen LogP contribution in [-0.4, -0.2) is 34.8 Å². The van der Waals surface area contributed by atoms with E-state index in [1.165, 1.54) is 24.1 Å². The second-order valence-electron chi connectivity index (χ2n) is 6.58. The van der Waals surface area contributed by atoms with Gasteiger partial charge in [0.15, 0.2) is 17.3 Å². The summed E-state index contributed by atoms with van der Waals surface area (Å²) in [7, 11) is 1.64. The molecule has 1 N–H and O–H groups in total. The summed E-state index contributed by atoms with van der Waals surface area (Å²) in [5.74, 6) is 2.21. The zero-order valence-corrected chi connectivity index (χ0v) is 18.4. The highest BCUT2D eigenvalue weighted by molar-refractivity contribution is 7.71. The van der Waals surface area contributed by atoms with Crippen molar-refractivity contribution in [2.24, 2.45) is 5.10 Å². The topological polar surface area (TPSA) is 64.4 Å². The highest BCUT2D eigenvalue weighted by Gasteiger charge is 2.08. The minimum Gasteiger partial charge on any atom is -0.493 e. The van der Waals surface area contributed by atoms with Crippen molar-refractivity contribution in [3.63, 3.8) is 0 Å². The third-order valence-corrected chi connectivity index (χ3v) is 5.54. The molecule has 154 valence electrons. The Hall–Kier alpha value is -2.45. The van der Waals surface area contributed by atoms with Crippen molar-refractivity contribution in [3.8, 4) is 11.5 Å². The molecule has 29 heavy (non-hydrogen) atoms. The molecule has 2 heterocycles. The first-order valence-corrected chi connectivity index (χ1v) is 11.0. The van der Waals surface area contributed by atoms with Crippen LogP contribution in [0.2, 0.25) is 0 Å². The maximum Gasteiger partial charge on any atom is 0.216 e. The van der Waals surface area contributed by atoms with Crippen molar-refractivity contribution in [2.45, 2.75) is 39.0 Å². The van der Waals surface area contributed by atoms with E-state index >= 15 is 0 Å². The Morgan fingerprint density at radius 1 is 1.24 bits per heavy atom. The van der Waals surface area contributed by atoms with Crippen molar-refractivity contribution in [1.29, 1.82) is 0 Å². The van der Waals surface area contributed by atoms with Crippen molar-refractivity contribution < 1.29 is 9.47 Å². The van der Waals surface area contributed by atoms with Gasteiger partial charge in [-0.05, 0) is 53.8 Å². The number of nitrogens with zero attached hydrogens (tertiary/aromatic N) is 3. The zero-order chi connectivity index (χ0) is 20.5. The van der Waals surface area contributed by atoms with Crippen molar-refractivity contribution >= 4 is 29.8 Å². The SMILES string of the molecule is CCCCCCOc1ccc(/C=N\n2c(Cc3cccs3)n[nH]c2=S)cc1OC. The summed E-state index contributed by atoms with van der Waals surface area (Å²) >= 11 is 7.00. The van der Waals surface area contributed by atoms with E-state index in [0.29, 0.717) is 23.5 Å². The average molecular weight is 431 g/mol. The van der Waals surface area contributed by atoms with Crippen LogP contribution >= 0.6 is 23.6 Å². The highest BCUT2D eigenvalue weighted by Crippen LogP contribution is 2.28. The highest BCUT2D eigenvalue weighted by atomic mass is 32.1. The summed E-state index contributed by atoms with van der Waals surface area (Å²) in [6.45, 7) is 2.89. The Labute approximate surface area is 180 Å². The summed E-state index contributed by atoms with van der Waals surface area (Å²) in [6, 6.07) is 9.88. The number of aromatic nitrogens is 3. The molecule has 3 aromatic rings. The van der Waals surface area contributed by atoms with Gasteiger partial charge in [0.25, 0.3) is 0 Å². The molecule has 0 amide bonds. The summed E-state index contributed by atoms with van der Waals surface area (Å²) in [5.41, 5.74) is 0.894. The molecule has 0 unspecified atom stereocenters. The average Bonchev–Trinajstić information content (AvgIpc) is 3.37. The van der Waals surface area contributed by atoms with Crippen LogP contribution < -0.4 is 9.47 Å². The van der Waals surface area contributed by atoms with Gasteiger partial charge in [-0.15, -0.1) is 11.3 Å². The van der Waals surface area contributed by atoms with Crippen LogP contribution in [0.3, 0.4) is 0 Å². The predicted molar refractivity (Wildman–Crippen MR) is 120 cm³/mol. The van der Waals surface area contributed by atoms with E-state index < -0.39 is 0 Å². The Bertz CT molecular complexity index is 977. The molecule has 6 nitrogen and oxygen atoms in total. The van der Waals surface area contributed by atoms with Crippen LogP contribution in [0, 0.1) is 4.77 Å². The van der Waals surface area contributed by atoms with E-state index in [9.17, 15) is 0 Å². The molecule has 0 atom stereocenters. The van der Waals surface area contributed by atoms with Crippen molar-refractivity contribution in [1.82, 2.24) is 14.9 Å². The largest absolute Gasteiger partial charge is 0.493 e. The van der Waals surface area contributed by atoms with Crippen LogP contribution in [0.25, 0.3) is 0 Å². The first-order valence-electron chi connectivity index (χ1n) is 9.75. The van der Waals surface area contributed by atoms with E-state index in [1.807, 2.05) is 29.6 Å². The standard InChI is InChI=1S/C21H26N4O2S2/c1-3-4-5-6-11-27-18-10-9-16(13-19(18)26-2)15-22-25-20(23-24-21(25)28)14-17-8-7-12-29-17/h7-10,12-13,15H,3-6,11,14H2,1-2H3,(H,24,28)/b22-15-. The number of ether oxygens (including phenoxy) is 2. The van der Waals surface area contributed by atoms with Crippen molar-refractivity contribution in [2.75, 3.05) is 13.7 Å². The van der Waals surface area contributed by atoms with Gasteiger partial charge < -0.3 is 9.47 Å². The maximum absolute atomic E-state index is 5.87. The summed E-state index contributed by atoms with van der Waals surface area (Å²) < 4.78 is 13.5. The lowest BCUT2D eigenvalue weighted by atomic mass is 10.2. The molecule has 0 aliphatic heterocycles. The minimum absolute atomic E-state index is 0.465. The number of rotatable bonds is 11. The molecule has 8 heteroatoms. The Balaban J connectivity index is 1.69. The number of aromatic amines is 1. The van der Waals surface area contributed by atoms with Gasteiger partial charge in [0.2, 0.25) is 4.77 Å². The molecule has 0 bridgehead atoms. The smallest absolute Gasteiger partial charge is 0.216 e. The normalized spacial score (nSPS) is 11.2. The van der Waals surface area contributed by atoms with Gasteiger partial charge in [0.05, 0.1) is 19.9 Å². The molecular formula is C21H26N4O2S2. The third kappa shape index (κ3) is 6.01. The molecule has 1 aromatic carbocycles. The molecule has 0 saturated carbocycles. The van der Waals surface area contributed by atoms with E-state index in [1.54, 1.807) is 29.3 Å². The lowest BCUT2D eigenvalue weighted by Gasteiger charge is -2.11.